The SMILES string of the molecule is CC(C)(C)c1csc(CCNC(=O)CCc2ccccc2N)n1.Cl.Cl. The van der Waals surface area contributed by atoms with Crippen LogP contribution in [0.3, 0.4) is 0 Å². The molecule has 0 aliphatic heterocycles. The lowest BCUT2D eigenvalue weighted by Gasteiger charge is -2.14. The number of nitrogens with zero attached hydrogens (tertiary/aromatic N) is 1. The first-order valence-electron chi connectivity index (χ1n) is 7.91. The monoisotopic (exact) mass is 403 g/mol. The average Bonchev–Trinajstić information content (AvgIpc) is 2.95. The van der Waals surface area contributed by atoms with E-state index in [0.717, 1.165) is 28.4 Å². The van der Waals surface area contributed by atoms with Gasteiger partial charge in [-0.25, -0.2) is 4.98 Å². The van der Waals surface area contributed by atoms with Gasteiger partial charge in [-0.3, -0.25) is 4.79 Å². The highest BCUT2D eigenvalue weighted by Crippen LogP contribution is 2.23. The molecule has 7 heteroatoms. The molecule has 0 fully saturated rings. The number of thiazole rings is 1. The van der Waals surface area contributed by atoms with E-state index in [0.29, 0.717) is 19.4 Å². The number of carbonyl (C=O) groups excluding carboxylic acids is 1. The zero-order valence-corrected chi connectivity index (χ0v) is 17.3. The molecule has 0 saturated heterocycles. The summed E-state index contributed by atoms with van der Waals surface area (Å²) in [5, 5.41) is 6.13. The van der Waals surface area contributed by atoms with E-state index in [1.165, 1.54) is 0 Å². The molecule has 25 heavy (non-hydrogen) atoms. The molecule has 4 nitrogen and oxygen atoms in total. The van der Waals surface area contributed by atoms with Crippen molar-refractivity contribution >= 4 is 47.7 Å². The second kappa shape index (κ2) is 10.6. The van der Waals surface area contributed by atoms with Gasteiger partial charge in [0.25, 0.3) is 0 Å². The summed E-state index contributed by atoms with van der Waals surface area (Å²) in [4.78, 5) is 16.5. The first-order valence-corrected chi connectivity index (χ1v) is 8.79. The molecule has 0 bridgehead atoms. The molecule has 0 aliphatic rings. The fourth-order valence-electron chi connectivity index (χ4n) is 2.18. The number of nitrogens with one attached hydrogen (secondary N) is 1. The van der Waals surface area contributed by atoms with Gasteiger partial charge in [0.15, 0.2) is 0 Å². The quantitative estimate of drug-likeness (QED) is 0.711. The van der Waals surface area contributed by atoms with E-state index in [4.69, 9.17) is 5.73 Å². The van der Waals surface area contributed by atoms with Crippen LogP contribution >= 0.6 is 36.2 Å². The number of para-hydroxylation sites is 1. The highest BCUT2D eigenvalue weighted by Gasteiger charge is 2.17. The van der Waals surface area contributed by atoms with E-state index < -0.39 is 0 Å². The molecule has 1 amide bonds. The lowest BCUT2D eigenvalue weighted by atomic mass is 9.93. The number of hydrogen-bond donors (Lipinski definition) is 2. The van der Waals surface area contributed by atoms with E-state index in [1.54, 1.807) is 11.3 Å². The summed E-state index contributed by atoms with van der Waals surface area (Å²) < 4.78 is 0. The Balaban J connectivity index is 0.00000288. The lowest BCUT2D eigenvalue weighted by molar-refractivity contribution is -0.121. The molecule has 0 aliphatic carbocycles. The van der Waals surface area contributed by atoms with E-state index in [-0.39, 0.29) is 36.1 Å². The van der Waals surface area contributed by atoms with Crippen molar-refractivity contribution in [3.63, 3.8) is 0 Å². The van der Waals surface area contributed by atoms with Crippen LogP contribution in [0.5, 0.6) is 0 Å². The normalized spacial score (nSPS) is 10.5. The van der Waals surface area contributed by atoms with Crippen molar-refractivity contribution in [2.75, 3.05) is 12.3 Å². The molecule has 1 heterocycles. The van der Waals surface area contributed by atoms with Crippen LogP contribution in [-0.2, 0) is 23.1 Å². The third kappa shape index (κ3) is 7.63. The van der Waals surface area contributed by atoms with Crippen molar-refractivity contribution in [2.24, 2.45) is 0 Å². The molecule has 0 unspecified atom stereocenters. The predicted octanol–water partition coefficient (Wildman–Crippen LogP) is 4.16. The molecule has 140 valence electrons. The number of rotatable bonds is 6. The van der Waals surface area contributed by atoms with E-state index in [2.05, 4.69) is 36.5 Å². The summed E-state index contributed by atoms with van der Waals surface area (Å²) in [5.41, 5.74) is 8.85. The minimum absolute atomic E-state index is 0. The van der Waals surface area contributed by atoms with Crippen molar-refractivity contribution in [2.45, 2.75) is 45.4 Å². The average molecular weight is 404 g/mol. The molecular weight excluding hydrogens is 377 g/mol. The van der Waals surface area contributed by atoms with Crippen molar-refractivity contribution in [1.82, 2.24) is 10.3 Å². The minimum atomic E-state index is 0. The fraction of sp³-hybridized carbons (Fsp3) is 0.444. The smallest absolute Gasteiger partial charge is 0.220 e. The van der Waals surface area contributed by atoms with Crippen LogP contribution in [-0.4, -0.2) is 17.4 Å². The summed E-state index contributed by atoms with van der Waals surface area (Å²) in [6, 6.07) is 7.67. The topological polar surface area (TPSA) is 68.0 Å². The number of benzene rings is 1. The fourth-order valence-corrected chi connectivity index (χ4v) is 3.20. The number of nitrogen functional groups attached to an aromatic ring is 1. The molecule has 0 spiro atoms. The van der Waals surface area contributed by atoms with Gasteiger partial charge in [-0.15, -0.1) is 36.2 Å². The number of hydrogen-bond acceptors (Lipinski definition) is 4. The van der Waals surface area contributed by atoms with E-state index in [1.807, 2.05) is 24.3 Å². The van der Waals surface area contributed by atoms with Crippen LogP contribution in [0.15, 0.2) is 29.6 Å². The van der Waals surface area contributed by atoms with Crippen LogP contribution in [0.4, 0.5) is 5.69 Å². The summed E-state index contributed by atoms with van der Waals surface area (Å²) in [6.07, 6.45) is 1.91. The molecule has 1 aromatic carbocycles. The molecule has 0 atom stereocenters. The molecule has 0 radical (unpaired) electrons. The molecule has 2 rings (SSSR count). The van der Waals surface area contributed by atoms with Gasteiger partial charge >= 0.3 is 0 Å². The largest absolute Gasteiger partial charge is 0.399 e. The van der Waals surface area contributed by atoms with Crippen LogP contribution in [0.2, 0.25) is 0 Å². The Kier molecular flexibility index (Phi) is 10.1. The van der Waals surface area contributed by atoms with Crippen LogP contribution in [0.1, 0.15) is 43.5 Å². The van der Waals surface area contributed by atoms with Gasteiger partial charge in [-0.05, 0) is 18.1 Å². The maximum Gasteiger partial charge on any atom is 0.220 e. The number of nitrogens with two attached hydrogens (primary N) is 1. The number of amides is 1. The molecule has 0 saturated carbocycles. The van der Waals surface area contributed by atoms with Crippen LogP contribution < -0.4 is 11.1 Å². The second-order valence-corrected chi connectivity index (χ2v) is 7.62. The number of carbonyl (C=O) groups is 1. The Morgan fingerprint density at radius 3 is 2.48 bits per heavy atom. The second-order valence-electron chi connectivity index (χ2n) is 6.68. The standard InChI is InChI=1S/C18H25N3OS.2ClH/c1-18(2,3)15-12-23-17(21-15)10-11-20-16(22)9-8-13-6-4-5-7-14(13)19;;/h4-7,12H,8-11,19H2,1-3H3,(H,20,22);2*1H. The summed E-state index contributed by atoms with van der Waals surface area (Å²) >= 11 is 1.66. The van der Waals surface area contributed by atoms with Crippen LogP contribution in [0.25, 0.3) is 0 Å². The first-order chi connectivity index (χ1) is 10.9. The maximum atomic E-state index is 11.9. The highest BCUT2D eigenvalue weighted by molar-refractivity contribution is 7.09. The molecular formula is C18H27Cl2N3OS. The van der Waals surface area contributed by atoms with Crippen molar-refractivity contribution in [3.05, 3.63) is 45.9 Å². The number of aryl methyl sites for hydroxylation is 1. The maximum absolute atomic E-state index is 11.9. The molecule has 1 aromatic heterocycles. The zero-order chi connectivity index (χ0) is 16.9. The Hall–Kier alpha value is -1.30. The van der Waals surface area contributed by atoms with E-state index in [9.17, 15) is 4.79 Å². The Morgan fingerprint density at radius 2 is 1.88 bits per heavy atom. The van der Waals surface area contributed by atoms with Gasteiger partial charge in [-0.2, -0.15) is 0 Å². The van der Waals surface area contributed by atoms with Gasteiger partial charge in [0.1, 0.15) is 0 Å². The van der Waals surface area contributed by atoms with Gasteiger partial charge in [-0.1, -0.05) is 39.0 Å². The van der Waals surface area contributed by atoms with E-state index >= 15 is 0 Å². The Morgan fingerprint density at radius 1 is 1.20 bits per heavy atom. The highest BCUT2D eigenvalue weighted by atomic mass is 35.5. The third-order valence-corrected chi connectivity index (χ3v) is 4.57. The van der Waals surface area contributed by atoms with Gasteiger partial charge in [0, 0.05) is 35.9 Å². The Bertz CT molecular complexity index is 668. The lowest BCUT2D eigenvalue weighted by Crippen LogP contribution is -2.26. The van der Waals surface area contributed by atoms with Crippen molar-refractivity contribution in [1.29, 1.82) is 0 Å². The van der Waals surface area contributed by atoms with Crippen molar-refractivity contribution < 1.29 is 4.79 Å². The number of aromatic nitrogens is 1. The minimum Gasteiger partial charge on any atom is -0.399 e. The Labute approximate surface area is 166 Å². The summed E-state index contributed by atoms with van der Waals surface area (Å²) in [7, 11) is 0. The number of halogens is 2. The van der Waals surface area contributed by atoms with Gasteiger partial charge in [0.05, 0.1) is 10.7 Å². The summed E-state index contributed by atoms with van der Waals surface area (Å²) in [5.74, 6) is 0.0563. The molecule has 3 N–H and O–H groups in total. The van der Waals surface area contributed by atoms with Crippen LogP contribution in [0, 0.1) is 0 Å². The van der Waals surface area contributed by atoms with Gasteiger partial charge < -0.3 is 11.1 Å². The van der Waals surface area contributed by atoms with Crippen molar-refractivity contribution in [3.8, 4) is 0 Å². The summed E-state index contributed by atoms with van der Waals surface area (Å²) in [6.45, 7) is 7.09. The third-order valence-electron chi connectivity index (χ3n) is 3.66. The number of anilines is 1. The predicted molar refractivity (Wildman–Crippen MR) is 111 cm³/mol. The van der Waals surface area contributed by atoms with Gasteiger partial charge in [0.2, 0.25) is 5.91 Å². The zero-order valence-electron chi connectivity index (χ0n) is 14.9. The molecule has 2 aromatic rings. The first kappa shape index (κ1) is 23.7.